The van der Waals surface area contributed by atoms with Gasteiger partial charge in [0.1, 0.15) is 0 Å². The molecular formula is C20H25N3O2. The normalized spacial score (nSPS) is 13.0. The highest BCUT2D eigenvalue weighted by Gasteiger charge is 2.12. The number of carbonyl (C=O) groups excluding carboxylic acids is 2. The van der Waals surface area contributed by atoms with E-state index >= 15 is 0 Å². The number of rotatable bonds is 6. The van der Waals surface area contributed by atoms with E-state index in [2.05, 4.69) is 29.8 Å². The van der Waals surface area contributed by atoms with E-state index in [1.165, 1.54) is 13.8 Å². The van der Waals surface area contributed by atoms with Gasteiger partial charge in [-0.25, -0.2) is 0 Å². The van der Waals surface area contributed by atoms with Crippen molar-refractivity contribution in [3.05, 3.63) is 59.7 Å². The van der Waals surface area contributed by atoms with Crippen molar-refractivity contribution in [2.24, 2.45) is 0 Å². The van der Waals surface area contributed by atoms with Gasteiger partial charge in [-0.05, 0) is 49.2 Å². The maximum absolute atomic E-state index is 11.2. The third-order valence-corrected chi connectivity index (χ3v) is 3.91. The monoisotopic (exact) mass is 339 g/mol. The molecule has 0 saturated carbocycles. The number of anilines is 2. The third-order valence-electron chi connectivity index (χ3n) is 3.91. The first-order valence-electron chi connectivity index (χ1n) is 8.36. The summed E-state index contributed by atoms with van der Waals surface area (Å²) in [6.45, 7) is 7.17. The van der Waals surface area contributed by atoms with Gasteiger partial charge in [-0.3, -0.25) is 9.59 Å². The molecule has 25 heavy (non-hydrogen) atoms. The Morgan fingerprint density at radius 3 is 1.52 bits per heavy atom. The van der Waals surface area contributed by atoms with Crippen molar-refractivity contribution in [1.82, 2.24) is 5.32 Å². The molecule has 0 spiro atoms. The van der Waals surface area contributed by atoms with Crippen LogP contribution in [0.5, 0.6) is 0 Å². The van der Waals surface area contributed by atoms with Crippen LogP contribution in [0.4, 0.5) is 11.4 Å². The SMILES string of the molecule is CC(=O)Nc1cccc(C(C)NC(C)c2cccc(NC(C)=O)c2)c1. The first-order valence-corrected chi connectivity index (χ1v) is 8.36. The summed E-state index contributed by atoms with van der Waals surface area (Å²) in [5, 5.41) is 9.16. The molecule has 2 aromatic carbocycles. The Hall–Kier alpha value is -2.66. The molecule has 0 aliphatic carbocycles. The summed E-state index contributed by atoms with van der Waals surface area (Å²) >= 11 is 0. The van der Waals surface area contributed by atoms with Crippen molar-refractivity contribution in [1.29, 1.82) is 0 Å². The molecule has 2 amide bonds. The maximum Gasteiger partial charge on any atom is 0.221 e. The van der Waals surface area contributed by atoms with Crippen molar-refractivity contribution >= 4 is 23.2 Å². The zero-order chi connectivity index (χ0) is 18.4. The van der Waals surface area contributed by atoms with Crippen molar-refractivity contribution in [3.63, 3.8) is 0 Å². The van der Waals surface area contributed by atoms with E-state index in [0.29, 0.717) is 0 Å². The highest BCUT2D eigenvalue weighted by atomic mass is 16.2. The minimum atomic E-state index is -0.0825. The number of carbonyl (C=O) groups is 2. The predicted octanol–water partition coefficient (Wildman–Crippen LogP) is 4.02. The number of amides is 2. The fraction of sp³-hybridized carbons (Fsp3) is 0.300. The molecule has 0 fully saturated rings. The van der Waals surface area contributed by atoms with Crippen LogP contribution in [0.3, 0.4) is 0 Å². The average molecular weight is 339 g/mol. The Kier molecular flexibility index (Phi) is 6.31. The van der Waals surface area contributed by atoms with Crippen LogP contribution in [0.2, 0.25) is 0 Å². The van der Waals surface area contributed by atoms with Crippen molar-refractivity contribution in [2.45, 2.75) is 39.8 Å². The molecule has 2 unspecified atom stereocenters. The summed E-state index contributed by atoms with van der Waals surface area (Å²) < 4.78 is 0. The minimum absolute atomic E-state index is 0.0825. The molecule has 0 saturated heterocycles. The van der Waals surface area contributed by atoms with Gasteiger partial charge in [0.2, 0.25) is 11.8 Å². The molecule has 0 radical (unpaired) electrons. The fourth-order valence-electron chi connectivity index (χ4n) is 2.75. The molecule has 0 bridgehead atoms. The molecule has 5 nitrogen and oxygen atoms in total. The van der Waals surface area contributed by atoms with Crippen LogP contribution in [0, 0.1) is 0 Å². The maximum atomic E-state index is 11.2. The van der Waals surface area contributed by atoms with E-state index in [-0.39, 0.29) is 23.9 Å². The van der Waals surface area contributed by atoms with Gasteiger partial charge in [0.15, 0.2) is 0 Å². The average Bonchev–Trinajstić information content (AvgIpc) is 2.54. The summed E-state index contributed by atoms with van der Waals surface area (Å²) in [6, 6.07) is 15.8. The minimum Gasteiger partial charge on any atom is -0.326 e. The third kappa shape index (κ3) is 5.72. The summed E-state index contributed by atoms with van der Waals surface area (Å²) in [4.78, 5) is 22.4. The van der Waals surface area contributed by atoms with Crippen LogP contribution in [0.25, 0.3) is 0 Å². The van der Waals surface area contributed by atoms with E-state index in [1.54, 1.807) is 0 Å². The lowest BCUT2D eigenvalue weighted by molar-refractivity contribution is -0.115. The van der Waals surface area contributed by atoms with Crippen LogP contribution >= 0.6 is 0 Å². The van der Waals surface area contributed by atoms with Gasteiger partial charge in [0.25, 0.3) is 0 Å². The molecule has 0 heterocycles. The van der Waals surface area contributed by atoms with E-state index in [4.69, 9.17) is 0 Å². The van der Waals surface area contributed by atoms with Gasteiger partial charge in [-0.15, -0.1) is 0 Å². The smallest absolute Gasteiger partial charge is 0.221 e. The number of nitrogens with one attached hydrogen (secondary N) is 3. The Labute approximate surface area is 148 Å². The highest BCUT2D eigenvalue weighted by molar-refractivity contribution is 5.89. The second kappa shape index (κ2) is 8.44. The Morgan fingerprint density at radius 2 is 1.16 bits per heavy atom. The summed E-state index contributed by atoms with van der Waals surface area (Å²) in [7, 11) is 0. The van der Waals surface area contributed by atoms with Crippen molar-refractivity contribution in [2.75, 3.05) is 10.6 Å². The second-order valence-corrected chi connectivity index (χ2v) is 6.22. The first kappa shape index (κ1) is 18.7. The highest BCUT2D eigenvalue weighted by Crippen LogP contribution is 2.23. The van der Waals surface area contributed by atoms with E-state index < -0.39 is 0 Å². The van der Waals surface area contributed by atoms with Gasteiger partial charge >= 0.3 is 0 Å². The van der Waals surface area contributed by atoms with Crippen LogP contribution in [0.15, 0.2) is 48.5 Å². The van der Waals surface area contributed by atoms with Gasteiger partial charge in [-0.2, -0.15) is 0 Å². The molecule has 132 valence electrons. The topological polar surface area (TPSA) is 70.2 Å². The molecule has 0 aliphatic heterocycles. The van der Waals surface area contributed by atoms with Crippen molar-refractivity contribution in [3.8, 4) is 0 Å². The zero-order valence-electron chi connectivity index (χ0n) is 15.1. The second-order valence-electron chi connectivity index (χ2n) is 6.22. The van der Waals surface area contributed by atoms with Gasteiger partial charge in [0.05, 0.1) is 0 Å². The largest absolute Gasteiger partial charge is 0.326 e. The molecule has 2 rings (SSSR count). The standard InChI is InChI=1S/C20H25N3O2/c1-13(17-7-5-9-19(11-17)22-15(3)24)21-14(2)18-8-6-10-20(12-18)23-16(4)25/h5-14,21H,1-4H3,(H,22,24)(H,23,25). The number of hydrogen-bond donors (Lipinski definition) is 3. The summed E-state index contributed by atoms with van der Waals surface area (Å²) in [5.41, 5.74) is 3.77. The van der Waals surface area contributed by atoms with Gasteiger partial charge < -0.3 is 16.0 Å². The van der Waals surface area contributed by atoms with E-state index in [9.17, 15) is 9.59 Å². The van der Waals surface area contributed by atoms with Crippen molar-refractivity contribution < 1.29 is 9.59 Å². The predicted molar refractivity (Wildman–Crippen MR) is 101 cm³/mol. The quantitative estimate of drug-likeness (QED) is 0.744. The lowest BCUT2D eigenvalue weighted by Crippen LogP contribution is -2.22. The van der Waals surface area contributed by atoms with Gasteiger partial charge in [-0.1, -0.05) is 24.3 Å². The molecule has 0 aliphatic rings. The van der Waals surface area contributed by atoms with E-state index in [1.807, 2.05) is 48.5 Å². The van der Waals surface area contributed by atoms with Crippen LogP contribution < -0.4 is 16.0 Å². The molecular weight excluding hydrogens is 314 g/mol. The molecule has 2 aromatic rings. The molecule has 2 atom stereocenters. The molecule has 3 N–H and O–H groups in total. The molecule has 5 heteroatoms. The lowest BCUT2D eigenvalue weighted by Gasteiger charge is -2.22. The lowest BCUT2D eigenvalue weighted by atomic mass is 10.0. The van der Waals surface area contributed by atoms with Crippen LogP contribution in [0.1, 0.15) is 50.9 Å². The number of hydrogen-bond acceptors (Lipinski definition) is 3. The zero-order valence-corrected chi connectivity index (χ0v) is 15.1. The van der Waals surface area contributed by atoms with Gasteiger partial charge in [0, 0.05) is 37.3 Å². The van der Waals surface area contributed by atoms with E-state index in [0.717, 1.165) is 22.5 Å². The molecule has 0 aromatic heterocycles. The fourth-order valence-corrected chi connectivity index (χ4v) is 2.75. The Morgan fingerprint density at radius 1 is 0.760 bits per heavy atom. The first-order chi connectivity index (χ1) is 11.8. The Balaban J connectivity index is 2.08. The summed E-state index contributed by atoms with van der Waals surface area (Å²) in [6.07, 6.45) is 0. The number of benzene rings is 2. The Bertz CT molecular complexity index is 695. The summed E-state index contributed by atoms with van der Waals surface area (Å²) in [5.74, 6) is -0.165. The van der Waals surface area contributed by atoms with Crippen LogP contribution in [-0.4, -0.2) is 11.8 Å². The van der Waals surface area contributed by atoms with Crippen LogP contribution in [-0.2, 0) is 9.59 Å².